The lowest BCUT2D eigenvalue weighted by Gasteiger charge is -2.36. The van der Waals surface area contributed by atoms with Crippen molar-refractivity contribution in [2.45, 2.75) is 39.2 Å². The van der Waals surface area contributed by atoms with Crippen molar-refractivity contribution in [1.82, 2.24) is 4.90 Å². The Bertz CT molecular complexity index is 1330. The van der Waals surface area contributed by atoms with Crippen LogP contribution in [0.5, 0.6) is 0 Å². The molecule has 0 saturated carbocycles. The van der Waals surface area contributed by atoms with Crippen molar-refractivity contribution in [3.05, 3.63) is 86.5 Å². The van der Waals surface area contributed by atoms with E-state index in [1.165, 1.54) is 22.3 Å². The van der Waals surface area contributed by atoms with Gasteiger partial charge < -0.3 is 19.3 Å². The lowest BCUT2D eigenvalue weighted by Crippen LogP contribution is -2.49. The number of benzene rings is 3. The number of amides is 1. The van der Waals surface area contributed by atoms with E-state index in [0.717, 1.165) is 14.8 Å². The maximum atomic E-state index is 13.0. The van der Waals surface area contributed by atoms with Gasteiger partial charge in [0.1, 0.15) is 12.2 Å². The third kappa shape index (κ3) is 5.39. The quantitative estimate of drug-likeness (QED) is 0.241. The van der Waals surface area contributed by atoms with E-state index in [4.69, 9.17) is 9.47 Å². The monoisotopic (exact) mass is 624 g/mol. The van der Waals surface area contributed by atoms with E-state index in [0.29, 0.717) is 38.3 Å². The molecule has 0 radical (unpaired) electrons. The Morgan fingerprint density at radius 2 is 1.50 bits per heavy atom. The minimum Gasteiger partial charge on any atom is -0.456 e. The Balaban J connectivity index is 1.23. The number of hydrogen-bond donors (Lipinski definition) is 0. The minimum absolute atomic E-state index is 0.0490. The summed E-state index contributed by atoms with van der Waals surface area (Å²) in [5.41, 5.74) is 6.97. The lowest BCUT2D eigenvalue weighted by molar-refractivity contribution is 0.00694. The van der Waals surface area contributed by atoms with Crippen molar-refractivity contribution in [3.63, 3.8) is 0 Å². The smallest absolute Gasteiger partial charge is 0.409 e. The van der Waals surface area contributed by atoms with Crippen LogP contribution in [0.4, 0.5) is 10.5 Å². The van der Waals surface area contributed by atoms with E-state index >= 15 is 0 Å². The molecule has 0 N–H and O–H groups in total. The van der Waals surface area contributed by atoms with Gasteiger partial charge in [0.15, 0.2) is 0 Å². The fraction of sp³-hybridized carbons (Fsp3) is 0.355. The molecule has 5 rings (SSSR count). The molecule has 0 atom stereocenters. The van der Waals surface area contributed by atoms with Crippen LogP contribution < -0.4 is 4.90 Å². The number of nitrogens with zero attached hydrogens (tertiary/aromatic N) is 2. The van der Waals surface area contributed by atoms with E-state index in [1.807, 2.05) is 45.0 Å². The predicted molar refractivity (Wildman–Crippen MR) is 158 cm³/mol. The summed E-state index contributed by atoms with van der Waals surface area (Å²) in [5, 5.41) is 0. The van der Waals surface area contributed by atoms with Crippen LogP contribution in [0.2, 0.25) is 0 Å². The average molecular weight is 625 g/mol. The van der Waals surface area contributed by atoms with E-state index in [9.17, 15) is 9.59 Å². The van der Waals surface area contributed by atoms with Crippen LogP contribution in [0, 0.1) is 10.5 Å². The van der Waals surface area contributed by atoms with Crippen LogP contribution in [0.1, 0.15) is 53.7 Å². The zero-order chi connectivity index (χ0) is 27.0. The zero-order valence-corrected chi connectivity index (χ0v) is 24.4. The Labute approximate surface area is 238 Å². The number of halogens is 1. The van der Waals surface area contributed by atoms with Gasteiger partial charge in [-0.05, 0) is 90.2 Å². The van der Waals surface area contributed by atoms with Gasteiger partial charge in [-0.25, -0.2) is 9.59 Å². The molecule has 3 aromatic carbocycles. The van der Waals surface area contributed by atoms with Gasteiger partial charge in [-0.1, -0.05) is 48.5 Å². The van der Waals surface area contributed by atoms with Gasteiger partial charge in [0, 0.05) is 41.4 Å². The van der Waals surface area contributed by atoms with Crippen LogP contribution in [0.3, 0.4) is 0 Å². The fourth-order valence-corrected chi connectivity index (χ4v) is 5.87. The van der Waals surface area contributed by atoms with Crippen LogP contribution in [0.15, 0.2) is 60.7 Å². The van der Waals surface area contributed by atoms with Gasteiger partial charge in [0.05, 0.1) is 5.56 Å². The maximum Gasteiger partial charge on any atom is 0.409 e. The van der Waals surface area contributed by atoms with E-state index < -0.39 is 5.60 Å². The van der Waals surface area contributed by atoms with Crippen LogP contribution in [0.25, 0.3) is 11.1 Å². The molecule has 0 unspecified atom stereocenters. The first-order valence-electron chi connectivity index (χ1n) is 13.0. The Hall–Kier alpha value is -3.07. The summed E-state index contributed by atoms with van der Waals surface area (Å²) in [5.74, 6) is -0.276. The predicted octanol–water partition coefficient (Wildman–Crippen LogP) is 6.63. The molecular weight excluding hydrogens is 591 g/mol. The third-order valence-electron chi connectivity index (χ3n) is 7.17. The molecule has 7 heteroatoms. The molecule has 1 aliphatic heterocycles. The number of rotatable bonds is 4. The number of carbonyl (C=O) groups excluding carboxylic acids is 2. The number of carbonyl (C=O) groups is 2. The molecule has 0 bridgehead atoms. The van der Waals surface area contributed by atoms with E-state index in [-0.39, 0.29) is 18.0 Å². The normalized spacial score (nSPS) is 15.2. The van der Waals surface area contributed by atoms with Gasteiger partial charge >= 0.3 is 12.1 Å². The zero-order valence-electron chi connectivity index (χ0n) is 22.3. The Morgan fingerprint density at radius 1 is 0.921 bits per heavy atom. The first-order valence-corrected chi connectivity index (χ1v) is 14.1. The highest BCUT2D eigenvalue weighted by molar-refractivity contribution is 14.1. The standard InChI is InChI=1S/C31H33IN2O4/c1-20-27(32)17-21(29(35)38-31(2,3)4)18-28(20)33-13-15-34(16-14-33)30(36)37-19-26-24-11-7-5-9-22(24)23-10-6-8-12-25(23)26/h5-12,17-18,26H,13-16,19H2,1-4H3. The average Bonchev–Trinajstić information content (AvgIpc) is 3.21. The lowest BCUT2D eigenvalue weighted by atomic mass is 9.98. The van der Waals surface area contributed by atoms with Gasteiger partial charge in [0.25, 0.3) is 0 Å². The Morgan fingerprint density at radius 3 is 2.08 bits per heavy atom. The summed E-state index contributed by atoms with van der Waals surface area (Å²) in [6, 6.07) is 20.5. The molecule has 1 fully saturated rings. The van der Waals surface area contributed by atoms with Crippen LogP contribution in [-0.2, 0) is 9.47 Å². The topological polar surface area (TPSA) is 59.1 Å². The third-order valence-corrected chi connectivity index (χ3v) is 8.29. The van der Waals surface area contributed by atoms with Crippen molar-refractivity contribution in [2.75, 3.05) is 37.7 Å². The minimum atomic E-state index is -0.553. The SMILES string of the molecule is Cc1c(I)cc(C(=O)OC(C)(C)C)cc1N1CCN(C(=O)OCC2c3ccccc3-c3ccccc32)CC1. The molecule has 198 valence electrons. The van der Waals surface area contributed by atoms with Gasteiger partial charge in [0.2, 0.25) is 0 Å². The summed E-state index contributed by atoms with van der Waals surface area (Å²) >= 11 is 2.27. The first kappa shape index (κ1) is 26.5. The highest BCUT2D eigenvalue weighted by atomic mass is 127. The molecule has 1 saturated heterocycles. The number of piperazine rings is 1. The van der Waals surface area contributed by atoms with Gasteiger partial charge in [-0.15, -0.1) is 0 Å². The number of fused-ring (bicyclic) bond motifs is 3. The number of esters is 1. The van der Waals surface area contributed by atoms with Gasteiger partial charge in [-0.3, -0.25) is 0 Å². The fourth-order valence-electron chi connectivity index (χ4n) is 5.26. The first-order chi connectivity index (χ1) is 18.1. The molecule has 0 spiro atoms. The summed E-state index contributed by atoms with van der Waals surface area (Å²) < 4.78 is 12.5. The summed E-state index contributed by atoms with van der Waals surface area (Å²) in [6.45, 7) is 10.4. The molecule has 2 aliphatic rings. The van der Waals surface area contributed by atoms with Crippen molar-refractivity contribution in [1.29, 1.82) is 0 Å². The maximum absolute atomic E-state index is 13.0. The molecule has 6 nitrogen and oxygen atoms in total. The highest BCUT2D eigenvalue weighted by Gasteiger charge is 2.31. The summed E-state index contributed by atoms with van der Waals surface area (Å²) in [7, 11) is 0. The molecule has 0 aromatic heterocycles. The molecule has 1 amide bonds. The number of hydrogen-bond acceptors (Lipinski definition) is 5. The van der Waals surface area contributed by atoms with Crippen molar-refractivity contribution >= 4 is 40.3 Å². The molecule has 1 heterocycles. The van der Waals surface area contributed by atoms with Crippen LogP contribution >= 0.6 is 22.6 Å². The number of ether oxygens (including phenoxy) is 2. The second-order valence-corrected chi connectivity index (χ2v) is 12.0. The summed E-state index contributed by atoms with van der Waals surface area (Å²) in [6.07, 6.45) is -0.277. The van der Waals surface area contributed by atoms with Crippen molar-refractivity contribution in [3.8, 4) is 11.1 Å². The Kier molecular flexibility index (Phi) is 7.40. The second-order valence-electron chi connectivity index (χ2n) is 10.9. The highest BCUT2D eigenvalue weighted by Crippen LogP contribution is 2.44. The molecule has 1 aliphatic carbocycles. The van der Waals surface area contributed by atoms with Crippen LogP contribution in [-0.4, -0.2) is 55.3 Å². The molecule has 38 heavy (non-hydrogen) atoms. The van der Waals surface area contributed by atoms with E-state index in [1.54, 1.807) is 4.90 Å². The van der Waals surface area contributed by atoms with Gasteiger partial charge in [-0.2, -0.15) is 0 Å². The largest absolute Gasteiger partial charge is 0.456 e. The van der Waals surface area contributed by atoms with Crippen molar-refractivity contribution < 1.29 is 19.1 Å². The number of anilines is 1. The molecular formula is C31H33IN2O4. The van der Waals surface area contributed by atoms with E-state index in [2.05, 4.69) is 70.8 Å². The van der Waals surface area contributed by atoms with Crippen molar-refractivity contribution in [2.24, 2.45) is 0 Å². The summed E-state index contributed by atoms with van der Waals surface area (Å²) in [4.78, 5) is 29.8. The molecule has 3 aromatic rings. The second kappa shape index (κ2) is 10.6.